The Morgan fingerprint density at radius 2 is 2.25 bits per heavy atom. The maximum Gasteiger partial charge on any atom is 0.0747 e. The van der Waals surface area contributed by atoms with Crippen molar-refractivity contribution in [2.45, 2.75) is 31.8 Å². The quantitative estimate of drug-likeness (QED) is 0.470. The molecule has 1 fully saturated rings. The van der Waals surface area contributed by atoms with E-state index in [1.165, 1.54) is 12.8 Å². The number of aliphatic hydroxyl groups excluding tert-OH is 1. The lowest BCUT2D eigenvalue weighted by Crippen LogP contribution is -2.13. The topological polar surface area (TPSA) is 20.2 Å². The SMILES string of the molecule is C=C1CCCC[C@H]1O. The van der Waals surface area contributed by atoms with Gasteiger partial charge in [-0.15, -0.1) is 0 Å². The summed E-state index contributed by atoms with van der Waals surface area (Å²) in [5.74, 6) is 0. The fraction of sp³-hybridized carbons (Fsp3) is 0.714. The Morgan fingerprint density at radius 1 is 1.50 bits per heavy atom. The van der Waals surface area contributed by atoms with Crippen LogP contribution in [0.1, 0.15) is 25.7 Å². The molecule has 0 unspecified atom stereocenters. The highest BCUT2D eigenvalue weighted by molar-refractivity contribution is 5.03. The summed E-state index contributed by atoms with van der Waals surface area (Å²) in [5.41, 5.74) is 1.02. The van der Waals surface area contributed by atoms with Crippen LogP contribution in [0, 0.1) is 0 Å². The highest BCUT2D eigenvalue weighted by Crippen LogP contribution is 2.21. The minimum atomic E-state index is -0.191. The van der Waals surface area contributed by atoms with Gasteiger partial charge in [0.1, 0.15) is 0 Å². The van der Waals surface area contributed by atoms with Crippen LogP contribution < -0.4 is 0 Å². The second kappa shape index (κ2) is 2.31. The Labute approximate surface area is 50.0 Å². The van der Waals surface area contributed by atoms with Crippen LogP contribution in [0.5, 0.6) is 0 Å². The lowest BCUT2D eigenvalue weighted by molar-refractivity contribution is 0.179. The van der Waals surface area contributed by atoms with Gasteiger partial charge < -0.3 is 5.11 Å². The molecule has 1 atom stereocenters. The molecule has 1 aliphatic rings. The number of rotatable bonds is 0. The zero-order chi connectivity index (χ0) is 5.98. The van der Waals surface area contributed by atoms with E-state index in [4.69, 9.17) is 5.11 Å². The monoisotopic (exact) mass is 112 g/mol. The summed E-state index contributed by atoms with van der Waals surface area (Å²) in [6.07, 6.45) is 4.15. The third-order valence-electron chi connectivity index (χ3n) is 1.70. The van der Waals surface area contributed by atoms with Gasteiger partial charge in [0, 0.05) is 0 Å². The smallest absolute Gasteiger partial charge is 0.0747 e. The summed E-state index contributed by atoms with van der Waals surface area (Å²) in [7, 11) is 0. The first-order valence-corrected chi connectivity index (χ1v) is 3.16. The van der Waals surface area contributed by atoms with E-state index < -0.39 is 0 Å². The predicted octanol–water partition coefficient (Wildman–Crippen LogP) is 1.48. The molecule has 1 heteroatoms. The van der Waals surface area contributed by atoms with Gasteiger partial charge in [-0.3, -0.25) is 0 Å². The Balaban J connectivity index is 2.39. The van der Waals surface area contributed by atoms with Crippen LogP contribution in [-0.4, -0.2) is 11.2 Å². The Morgan fingerprint density at radius 3 is 2.62 bits per heavy atom. The Bertz CT molecular complexity index is 96.6. The van der Waals surface area contributed by atoms with Gasteiger partial charge in [-0.05, 0) is 24.8 Å². The second-order valence-corrected chi connectivity index (χ2v) is 2.42. The number of hydrogen-bond acceptors (Lipinski definition) is 1. The van der Waals surface area contributed by atoms with E-state index in [-0.39, 0.29) is 6.10 Å². The molecule has 1 rings (SSSR count). The summed E-state index contributed by atoms with van der Waals surface area (Å²) in [4.78, 5) is 0. The number of aliphatic hydroxyl groups is 1. The van der Waals surface area contributed by atoms with E-state index in [1.54, 1.807) is 0 Å². The first kappa shape index (κ1) is 5.83. The van der Waals surface area contributed by atoms with Crippen LogP contribution in [0.15, 0.2) is 12.2 Å². The summed E-state index contributed by atoms with van der Waals surface area (Å²) in [6, 6.07) is 0. The van der Waals surface area contributed by atoms with Crippen molar-refractivity contribution in [3.63, 3.8) is 0 Å². The number of hydrogen-bond donors (Lipinski definition) is 1. The summed E-state index contributed by atoms with van der Waals surface area (Å²) in [5, 5.41) is 9.08. The fourth-order valence-electron chi connectivity index (χ4n) is 1.06. The maximum absolute atomic E-state index is 9.08. The van der Waals surface area contributed by atoms with E-state index in [0.717, 1.165) is 18.4 Å². The molecule has 1 saturated carbocycles. The van der Waals surface area contributed by atoms with Crippen molar-refractivity contribution in [2.75, 3.05) is 0 Å². The zero-order valence-electron chi connectivity index (χ0n) is 5.06. The third-order valence-corrected chi connectivity index (χ3v) is 1.70. The van der Waals surface area contributed by atoms with Crippen molar-refractivity contribution in [3.8, 4) is 0 Å². The second-order valence-electron chi connectivity index (χ2n) is 2.42. The van der Waals surface area contributed by atoms with Gasteiger partial charge in [-0.25, -0.2) is 0 Å². The van der Waals surface area contributed by atoms with E-state index in [2.05, 4.69) is 6.58 Å². The minimum Gasteiger partial charge on any atom is -0.389 e. The molecular formula is C7H12O. The summed E-state index contributed by atoms with van der Waals surface area (Å²) in [6.45, 7) is 3.75. The van der Waals surface area contributed by atoms with Gasteiger partial charge in [0.25, 0.3) is 0 Å². The largest absolute Gasteiger partial charge is 0.389 e. The van der Waals surface area contributed by atoms with Crippen LogP contribution in [0.4, 0.5) is 0 Å². The van der Waals surface area contributed by atoms with E-state index in [1.807, 2.05) is 0 Å². The Kier molecular flexibility index (Phi) is 1.69. The third kappa shape index (κ3) is 1.10. The van der Waals surface area contributed by atoms with Crippen molar-refractivity contribution in [3.05, 3.63) is 12.2 Å². The van der Waals surface area contributed by atoms with Gasteiger partial charge in [-0.2, -0.15) is 0 Å². The molecule has 0 saturated heterocycles. The molecule has 0 aromatic carbocycles. The van der Waals surface area contributed by atoms with Crippen molar-refractivity contribution in [2.24, 2.45) is 0 Å². The van der Waals surface area contributed by atoms with Gasteiger partial charge in [0.2, 0.25) is 0 Å². The normalized spacial score (nSPS) is 30.6. The molecule has 0 spiro atoms. The maximum atomic E-state index is 9.08. The fourth-order valence-corrected chi connectivity index (χ4v) is 1.06. The molecule has 46 valence electrons. The van der Waals surface area contributed by atoms with E-state index in [9.17, 15) is 0 Å². The molecule has 0 aromatic rings. The minimum absolute atomic E-state index is 0.191. The molecule has 1 nitrogen and oxygen atoms in total. The van der Waals surface area contributed by atoms with Crippen molar-refractivity contribution >= 4 is 0 Å². The lowest BCUT2D eigenvalue weighted by Gasteiger charge is -2.18. The molecule has 0 bridgehead atoms. The first-order valence-electron chi connectivity index (χ1n) is 3.16. The molecular weight excluding hydrogens is 100 g/mol. The van der Waals surface area contributed by atoms with E-state index in [0.29, 0.717) is 0 Å². The van der Waals surface area contributed by atoms with Gasteiger partial charge >= 0.3 is 0 Å². The van der Waals surface area contributed by atoms with Crippen LogP contribution in [0.3, 0.4) is 0 Å². The van der Waals surface area contributed by atoms with Crippen molar-refractivity contribution < 1.29 is 5.11 Å². The summed E-state index contributed by atoms with van der Waals surface area (Å²) < 4.78 is 0. The van der Waals surface area contributed by atoms with Crippen LogP contribution in [-0.2, 0) is 0 Å². The molecule has 0 amide bonds. The van der Waals surface area contributed by atoms with Gasteiger partial charge in [0.05, 0.1) is 6.10 Å². The lowest BCUT2D eigenvalue weighted by atomic mass is 9.94. The van der Waals surface area contributed by atoms with Crippen molar-refractivity contribution in [1.29, 1.82) is 0 Å². The molecule has 0 aromatic heterocycles. The van der Waals surface area contributed by atoms with Gasteiger partial charge in [0.15, 0.2) is 0 Å². The van der Waals surface area contributed by atoms with Crippen LogP contribution in [0.25, 0.3) is 0 Å². The predicted molar refractivity (Wildman–Crippen MR) is 33.6 cm³/mol. The molecule has 0 aliphatic heterocycles. The van der Waals surface area contributed by atoms with Gasteiger partial charge in [-0.1, -0.05) is 13.0 Å². The highest BCUT2D eigenvalue weighted by atomic mass is 16.3. The molecule has 0 radical (unpaired) electrons. The van der Waals surface area contributed by atoms with Crippen molar-refractivity contribution in [1.82, 2.24) is 0 Å². The molecule has 8 heavy (non-hydrogen) atoms. The standard InChI is InChI=1S/C7H12O/c1-6-4-2-3-5-7(6)8/h7-8H,1-5H2/t7-/m1/s1. The Hall–Kier alpha value is -0.300. The molecule has 1 N–H and O–H groups in total. The van der Waals surface area contributed by atoms with Crippen LogP contribution in [0.2, 0.25) is 0 Å². The first-order chi connectivity index (χ1) is 3.80. The average Bonchev–Trinajstić information content (AvgIpc) is 1.77. The summed E-state index contributed by atoms with van der Waals surface area (Å²) >= 11 is 0. The average molecular weight is 112 g/mol. The van der Waals surface area contributed by atoms with Crippen LogP contribution >= 0.6 is 0 Å². The molecule has 1 aliphatic carbocycles. The highest BCUT2D eigenvalue weighted by Gasteiger charge is 2.12. The van der Waals surface area contributed by atoms with E-state index >= 15 is 0 Å². The molecule has 0 heterocycles. The zero-order valence-corrected chi connectivity index (χ0v) is 5.06.